The van der Waals surface area contributed by atoms with Crippen molar-refractivity contribution in [2.75, 3.05) is 19.8 Å². The van der Waals surface area contributed by atoms with Gasteiger partial charge in [0.1, 0.15) is 12.2 Å². The maximum atomic E-state index is 11.1. The molecule has 0 aliphatic carbocycles. The minimum Gasteiger partial charge on any atom is -0.444 e. The van der Waals surface area contributed by atoms with Gasteiger partial charge in [0, 0.05) is 6.54 Å². The summed E-state index contributed by atoms with van der Waals surface area (Å²) in [5.41, 5.74) is 1.40. The molecule has 0 aromatic heterocycles. The summed E-state index contributed by atoms with van der Waals surface area (Å²) < 4.78 is 9.89. The Morgan fingerprint density at radius 1 is 1.31 bits per heavy atom. The van der Waals surface area contributed by atoms with Gasteiger partial charge in [-0.1, -0.05) is 0 Å². The van der Waals surface area contributed by atoms with Crippen LogP contribution in [0.4, 0.5) is 4.79 Å². The lowest BCUT2D eigenvalue weighted by Crippen LogP contribution is -2.36. The number of nitrogens with two attached hydrogens (primary N) is 1. The third-order valence-electron chi connectivity index (χ3n) is 1.31. The summed E-state index contributed by atoms with van der Waals surface area (Å²) in [5.74, 6) is 4.42. The van der Waals surface area contributed by atoms with Crippen molar-refractivity contribution in [3.8, 4) is 0 Å². The highest BCUT2D eigenvalue weighted by atomic mass is 16.6. The molecule has 16 heavy (non-hydrogen) atoms. The summed E-state index contributed by atoms with van der Waals surface area (Å²) in [7, 11) is 0. The highest BCUT2D eigenvalue weighted by Crippen LogP contribution is 2.05. The second kappa shape index (κ2) is 7.02. The Bertz CT molecular complexity index is 237. The number of nitrogens with one attached hydrogen (secondary N) is 2. The van der Waals surface area contributed by atoms with Gasteiger partial charge in [-0.15, -0.1) is 0 Å². The third-order valence-corrected chi connectivity index (χ3v) is 1.31. The zero-order valence-electron chi connectivity index (χ0n) is 9.83. The van der Waals surface area contributed by atoms with E-state index in [2.05, 4.69) is 5.32 Å². The van der Waals surface area contributed by atoms with Crippen LogP contribution in [0, 0.1) is 0 Å². The van der Waals surface area contributed by atoms with Gasteiger partial charge in [-0.2, -0.15) is 0 Å². The van der Waals surface area contributed by atoms with E-state index in [1.807, 2.05) is 5.43 Å². The largest absolute Gasteiger partial charge is 0.444 e. The predicted molar refractivity (Wildman–Crippen MR) is 57.4 cm³/mol. The van der Waals surface area contributed by atoms with Crippen LogP contribution in [0.1, 0.15) is 20.8 Å². The number of hydrogen-bond acceptors (Lipinski definition) is 5. The average Bonchev–Trinajstić information content (AvgIpc) is 2.14. The summed E-state index contributed by atoms with van der Waals surface area (Å²) in [6, 6.07) is 0. The van der Waals surface area contributed by atoms with E-state index < -0.39 is 17.6 Å². The molecule has 0 saturated heterocycles. The predicted octanol–water partition coefficient (Wildman–Crippen LogP) is -0.482. The number of ether oxygens (including phenoxy) is 2. The molecule has 2 amide bonds. The van der Waals surface area contributed by atoms with Gasteiger partial charge in [0.2, 0.25) is 0 Å². The Kier molecular flexibility index (Phi) is 6.43. The quantitative estimate of drug-likeness (QED) is 0.257. The lowest BCUT2D eigenvalue weighted by molar-refractivity contribution is -0.125. The van der Waals surface area contributed by atoms with Crippen molar-refractivity contribution in [1.82, 2.24) is 10.7 Å². The van der Waals surface area contributed by atoms with Crippen molar-refractivity contribution < 1.29 is 19.1 Å². The molecule has 94 valence electrons. The van der Waals surface area contributed by atoms with E-state index in [-0.39, 0.29) is 19.8 Å². The summed E-state index contributed by atoms with van der Waals surface area (Å²) in [6.45, 7) is 5.67. The van der Waals surface area contributed by atoms with E-state index in [0.29, 0.717) is 0 Å². The smallest absolute Gasteiger partial charge is 0.407 e. The molecule has 0 unspecified atom stereocenters. The van der Waals surface area contributed by atoms with Crippen LogP contribution < -0.4 is 16.6 Å². The monoisotopic (exact) mass is 233 g/mol. The summed E-state index contributed by atoms with van der Waals surface area (Å²) in [6.07, 6.45) is -0.514. The van der Waals surface area contributed by atoms with Crippen LogP contribution in [0.15, 0.2) is 0 Å². The van der Waals surface area contributed by atoms with Gasteiger partial charge >= 0.3 is 6.09 Å². The second-order valence-electron chi connectivity index (χ2n) is 4.05. The van der Waals surface area contributed by atoms with Crippen LogP contribution >= 0.6 is 0 Å². The Morgan fingerprint density at radius 2 is 1.94 bits per heavy atom. The van der Waals surface area contributed by atoms with Crippen molar-refractivity contribution in [2.45, 2.75) is 26.4 Å². The van der Waals surface area contributed by atoms with E-state index in [1.165, 1.54) is 0 Å². The molecule has 4 N–H and O–H groups in total. The zero-order valence-corrected chi connectivity index (χ0v) is 9.83. The van der Waals surface area contributed by atoms with Gasteiger partial charge in [-0.25, -0.2) is 10.6 Å². The Balaban J connectivity index is 3.45. The average molecular weight is 233 g/mol. The van der Waals surface area contributed by atoms with Crippen molar-refractivity contribution in [3.05, 3.63) is 0 Å². The minimum atomic E-state index is -0.523. The fraction of sp³-hybridized carbons (Fsp3) is 0.778. The molecule has 0 saturated carbocycles. The maximum Gasteiger partial charge on any atom is 0.407 e. The van der Waals surface area contributed by atoms with E-state index in [9.17, 15) is 9.59 Å². The van der Waals surface area contributed by atoms with E-state index in [4.69, 9.17) is 15.3 Å². The van der Waals surface area contributed by atoms with Crippen LogP contribution in [0.2, 0.25) is 0 Å². The number of amides is 2. The fourth-order valence-electron chi connectivity index (χ4n) is 0.746. The number of alkyl carbamates (subject to hydrolysis) is 1. The van der Waals surface area contributed by atoms with Gasteiger partial charge in [0.05, 0.1) is 6.61 Å². The van der Waals surface area contributed by atoms with Crippen molar-refractivity contribution in [2.24, 2.45) is 5.84 Å². The number of hydrazine groups is 1. The molecule has 7 nitrogen and oxygen atoms in total. The number of carbonyl (C=O) groups excluding carboxylic acids is 2. The van der Waals surface area contributed by atoms with Crippen LogP contribution in [-0.4, -0.2) is 37.4 Å². The molecule has 0 aliphatic heterocycles. The molecule has 0 aromatic carbocycles. The molecule has 0 aliphatic rings. The molecular formula is C9H19N3O4. The first-order valence-corrected chi connectivity index (χ1v) is 4.89. The Morgan fingerprint density at radius 3 is 2.44 bits per heavy atom. The lowest BCUT2D eigenvalue weighted by atomic mass is 10.2. The van der Waals surface area contributed by atoms with Crippen LogP contribution in [-0.2, 0) is 14.3 Å². The molecule has 0 heterocycles. The Labute approximate surface area is 94.6 Å². The van der Waals surface area contributed by atoms with E-state index in [1.54, 1.807) is 20.8 Å². The summed E-state index contributed by atoms with van der Waals surface area (Å²) in [5, 5.41) is 2.48. The van der Waals surface area contributed by atoms with Gasteiger partial charge in [0.25, 0.3) is 5.91 Å². The van der Waals surface area contributed by atoms with Crippen LogP contribution in [0.3, 0.4) is 0 Å². The van der Waals surface area contributed by atoms with E-state index >= 15 is 0 Å². The number of carbonyl (C=O) groups is 2. The molecule has 0 rings (SSSR count). The van der Waals surface area contributed by atoms with Gasteiger partial charge < -0.3 is 14.8 Å². The summed E-state index contributed by atoms with van der Waals surface area (Å²) in [4.78, 5) is 21.7. The lowest BCUT2D eigenvalue weighted by Gasteiger charge is -2.19. The minimum absolute atomic E-state index is 0.132. The van der Waals surface area contributed by atoms with Crippen LogP contribution in [0.5, 0.6) is 0 Å². The first-order valence-electron chi connectivity index (χ1n) is 4.89. The van der Waals surface area contributed by atoms with Gasteiger partial charge in [-0.05, 0) is 20.8 Å². The van der Waals surface area contributed by atoms with E-state index in [0.717, 1.165) is 0 Å². The van der Waals surface area contributed by atoms with Crippen molar-refractivity contribution >= 4 is 12.0 Å². The topological polar surface area (TPSA) is 103 Å². The normalized spacial score (nSPS) is 10.8. The van der Waals surface area contributed by atoms with Gasteiger partial charge in [0.15, 0.2) is 0 Å². The van der Waals surface area contributed by atoms with Crippen LogP contribution in [0.25, 0.3) is 0 Å². The number of rotatable bonds is 5. The molecule has 0 spiro atoms. The molecule has 7 heteroatoms. The van der Waals surface area contributed by atoms with Crippen molar-refractivity contribution in [3.63, 3.8) is 0 Å². The number of hydrogen-bond donors (Lipinski definition) is 3. The highest BCUT2D eigenvalue weighted by Gasteiger charge is 2.15. The first kappa shape index (κ1) is 14.7. The fourth-order valence-corrected chi connectivity index (χ4v) is 0.746. The molecule has 0 aromatic rings. The molecule has 0 radical (unpaired) electrons. The Hall–Kier alpha value is -1.34. The second-order valence-corrected chi connectivity index (χ2v) is 4.05. The third kappa shape index (κ3) is 9.22. The molecule has 0 fully saturated rings. The summed E-state index contributed by atoms with van der Waals surface area (Å²) >= 11 is 0. The van der Waals surface area contributed by atoms with Gasteiger partial charge in [-0.3, -0.25) is 10.2 Å². The molecule has 0 bridgehead atoms. The SMILES string of the molecule is CC(C)(C)OC(=O)NCCOCC(=O)NN. The molecule has 0 atom stereocenters. The maximum absolute atomic E-state index is 11.1. The zero-order chi connectivity index (χ0) is 12.6. The first-order chi connectivity index (χ1) is 7.35. The molecular weight excluding hydrogens is 214 g/mol. The highest BCUT2D eigenvalue weighted by molar-refractivity contribution is 5.76. The van der Waals surface area contributed by atoms with Crippen molar-refractivity contribution in [1.29, 1.82) is 0 Å². The standard InChI is InChI=1S/C9H19N3O4/c1-9(2,3)16-8(14)11-4-5-15-6-7(13)12-10/h4-6,10H2,1-3H3,(H,11,14)(H,12,13).